The molecule has 6 nitrogen and oxygen atoms in total. The highest BCUT2D eigenvalue weighted by atomic mass is 32.2. The second-order valence-corrected chi connectivity index (χ2v) is 9.06. The number of benzene rings is 1. The fourth-order valence-corrected chi connectivity index (χ4v) is 4.60. The van der Waals surface area contributed by atoms with Crippen molar-refractivity contribution in [3.8, 4) is 0 Å². The minimum atomic E-state index is -3.02. The maximum Gasteiger partial charge on any atom is 0.223 e. The lowest BCUT2D eigenvalue weighted by molar-refractivity contribution is -0.121. The van der Waals surface area contributed by atoms with Crippen LogP contribution in [0.2, 0.25) is 0 Å². The van der Waals surface area contributed by atoms with Crippen LogP contribution in [0.4, 0.5) is 5.69 Å². The van der Waals surface area contributed by atoms with Crippen molar-refractivity contribution in [3.05, 3.63) is 29.8 Å². The Hall–Kier alpha value is -1.89. The lowest BCUT2D eigenvalue weighted by Gasteiger charge is -2.22. The molecule has 0 saturated carbocycles. The Labute approximate surface area is 149 Å². The summed E-state index contributed by atoms with van der Waals surface area (Å²) in [6.07, 6.45) is 0.600. The molecule has 1 aliphatic rings. The first-order valence-electron chi connectivity index (χ1n) is 8.56. The molecule has 1 aromatic rings. The van der Waals surface area contributed by atoms with Crippen LogP contribution in [0.3, 0.4) is 0 Å². The largest absolute Gasteiger partial charge is 0.352 e. The lowest BCUT2D eigenvalue weighted by atomic mass is 10.0. The Kier molecular flexibility index (Phi) is 6.21. The highest BCUT2D eigenvalue weighted by Crippen LogP contribution is 2.20. The van der Waals surface area contributed by atoms with Gasteiger partial charge < -0.3 is 10.2 Å². The molecule has 0 aromatic heterocycles. The number of anilines is 1. The molecule has 138 valence electrons. The van der Waals surface area contributed by atoms with Gasteiger partial charge in [-0.05, 0) is 30.0 Å². The zero-order chi connectivity index (χ0) is 18.6. The van der Waals surface area contributed by atoms with E-state index in [0.717, 1.165) is 5.69 Å². The molecule has 2 amide bonds. The SMILES string of the molecule is CC(=O)N(CCC(=O)NC1CCS(=O)(=O)C1)c1ccc(C(C)C)cc1. The van der Waals surface area contributed by atoms with Crippen LogP contribution in [0, 0.1) is 0 Å². The summed E-state index contributed by atoms with van der Waals surface area (Å²) in [5.41, 5.74) is 1.94. The Balaban J connectivity index is 1.93. The first-order valence-corrected chi connectivity index (χ1v) is 10.4. The summed E-state index contributed by atoms with van der Waals surface area (Å²) >= 11 is 0. The Morgan fingerprint density at radius 2 is 1.88 bits per heavy atom. The van der Waals surface area contributed by atoms with Crippen molar-refractivity contribution in [3.63, 3.8) is 0 Å². The number of hydrogen-bond acceptors (Lipinski definition) is 4. The van der Waals surface area contributed by atoms with Gasteiger partial charge in [-0.3, -0.25) is 9.59 Å². The molecule has 0 spiro atoms. The van der Waals surface area contributed by atoms with Gasteiger partial charge in [0.15, 0.2) is 9.84 Å². The van der Waals surface area contributed by atoms with Gasteiger partial charge in [0.2, 0.25) is 11.8 Å². The van der Waals surface area contributed by atoms with E-state index in [1.54, 1.807) is 4.90 Å². The fourth-order valence-electron chi connectivity index (χ4n) is 2.93. The van der Waals surface area contributed by atoms with Gasteiger partial charge in [0, 0.05) is 31.6 Å². The summed E-state index contributed by atoms with van der Waals surface area (Å²) < 4.78 is 22.9. The van der Waals surface area contributed by atoms with Crippen LogP contribution in [0.1, 0.15) is 45.1 Å². The van der Waals surface area contributed by atoms with Crippen LogP contribution in [0.5, 0.6) is 0 Å². The maximum atomic E-state index is 12.1. The summed E-state index contributed by atoms with van der Waals surface area (Å²) in [5, 5.41) is 2.75. The molecule has 1 aliphatic heterocycles. The summed E-state index contributed by atoms with van der Waals surface area (Å²) in [4.78, 5) is 25.6. The van der Waals surface area contributed by atoms with Crippen LogP contribution in [-0.4, -0.2) is 44.3 Å². The lowest BCUT2D eigenvalue weighted by Crippen LogP contribution is -2.38. The summed E-state index contributed by atoms with van der Waals surface area (Å²) in [6.45, 7) is 5.94. The number of nitrogens with zero attached hydrogens (tertiary/aromatic N) is 1. The van der Waals surface area contributed by atoms with Crippen molar-refractivity contribution >= 4 is 27.3 Å². The van der Waals surface area contributed by atoms with E-state index in [2.05, 4.69) is 19.2 Å². The smallest absolute Gasteiger partial charge is 0.223 e. The van der Waals surface area contributed by atoms with Gasteiger partial charge in [0.05, 0.1) is 11.5 Å². The molecule has 1 unspecified atom stereocenters. The minimum absolute atomic E-state index is 0.00578. The predicted octanol–water partition coefficient (Wildman–Crippen LogP) is 1.86. The van der Waals surface area contributed by atoms with Gasteiger partial charge in [-0.2, -0.15) is 0 Å². The highest BCUT2D eigenvalue weighted by molar-refractivity contribution is 7.91. The van der Waals surface area contributed by atoms with Gasteiger partial charge in [0.25, 0.3) is 0 Å². The normalized spacial score (nSPS) is 19.0. The Morgan fingerprint density at radius 1 is 1.24 bits per heavy atom. The third-order valence-electron chi connectivity index (χ3n) is 4.41. The van der Waals surface area contributed by atoms with E-state index in [9.17, 15) is 18.0 Å². The predicted molar refractivity (Wildman–Crippen MR) is 98.4 cm³/mol. The van der Waals surface area contributed by atoms with Gasteiger partial charge in [-0.15, -0.1) is 0 Å². The van der Waals surface area contributed by atoms with E-state index in [4.69, 9.17) is 0 Å². The molecule has 0 aliphatic carbocycles. The van der Waals surface area contributed by atoms with E-state index < -0.39 is 9.84 Å². The molecule has 1 atom stereocenters. The molecule has 1 N–H and O–H groups in total. The molecule has 1 heterocycles. The highest BCUT2D eigenvalue weighted by Gasteiger charge is 2.28. The van der Waals surface area contributed by atoms with Crippen molar-refractivity contribution in [2.24, 2.45) is 0 Å². The van der Waals surface area contributed by atoms with E-state index in [0.29, 0.717) is 12.3 Å². The topological polar surface area (TPSA) is 83.6 Å². The first-order chi connectivity index (χ1) is 11.7. The van der Waals surface area contributed by atoms with Crippen molar-refractivity contribution in [2.75, 3.05) is 23.0 Å². The molecule has 1 aromatic carbocycles. The molecule has 25 heavy (non-hydrogen) atoms. The van der Waals surface area contributed by atoms with Gasteiger partial charge >= 0.3 is 0 Å². The van der Waals surface area contributed by atoms with E-state index in [-0.39, 0.29) is 42.3 Å². The van der Waals surface area contributed by atoms with Crippen LogP contribution in [0.15, 0.2) is 24.3 Å². The average molecular weight is 366 g/mol. The van der Waals surface area contributed by atoms with Crippen molar-refractivity contribution in [2.45, 2.75) is 45.6 Å². The Bertz CT molecular complexity index is 726. The van der Waals surface area contributed by atoms with Gasteiger partial charge in [0.1, 0.15) is 0 Å². The van der Waals surface area contributed by atoms with Crippen molar-refractivity contribution < 1.29 is 18.0 Å². The third-order valence-corrected chi connectivity index (χ3v) is 6.18. The van der Waals surface area contributed by atoms with Gasteiger partial charge in [-0.1, -0.05) is 26.0 Å². The number of rotatable bonds is 6. The maximum absolute atomic E-state index is 12.1. The third kappa shape index (κ3) is 5.56. The molecular weight excluding hydrogens is 340 g/mol. The van der Waals surface area contributed by atoms with Crippen molar-refractivity contribution in [1.82, 2.24) is 5.32 Å². The summed E-state index contributed by atoms with van der Waals surface area (Å²) in [7, 11) is -3.02. The Morgan fingerprint density at radius 3 is 2.36 bits per heavy atom. The standard InChI is InChI=1S/C18H26N2O4S/c1-13(2)15-4-6-17(7-5-15)20(14(3)21)10-8-18(22)19-16-9-11-25(23,24)12-16/h4-7,13,16H,8-12H2,1-3H3,(H,19,22). The molecule has 0 radical (unpaired) electrons. The molecular formula is C18H26N2O4S. The minimum Gasteiger partial charge on any atom is -0.352 e. The first kappa shape index (κ1) is 19.4. The molecule has 1 saturated heterocycles. The van der Waals surface area contributed by atoms with Crippen LogP contribution >= 0.6 is 0 Å². The molecule has 2 rings (SSSR count). The number of sulfone groups is 1. The summed E-state index contributed by atoms with van der Waals surface area (Å²) in [5.74, 6) is 0.180. The van der Waals surface area contributed by atoms with Crippen molar-refractivity contribution in [1.29, 1.82) is 0 Å². The second-order valence-electron chi connectivity index (χ2n) is 6.83. The second kappa shape index (κ2) is 7.99. The molecule has 1 fully saturated rings. The van der Waals surface area contributed by atoms with Gasteiger partial charge in [-0.25, -0.2) is 8.42 Å². The zero-order valence-electron chi connectivity index (χ0n) is 15.0. The fraction of sp³-hybridized carbons (Fsp3) is 0.556. The average Bonchev–Trinajstić information content (AvgIpc) is 2.86. The monoisotopic (exact) mass is 366 g/mol. The number of hydrogen-bond donors (Lipinski definition) is 1. The number of amides is 2. The van der Waals surface area contributed by atoms with Crippen LogP contribution in [0.25, 0.3) is 0 Å². The van der Waals surface area contributed by atoms with Crippen LogP contribution in [-0.2, 0) is 19.4 Å². The quantitative estimate of drug-likeness (QED) is 0.833. The number of nitrogens with one attached hydrogen (secondary N) is 1. The molecule has 0 bridgehead atoms. The number of carbonyl (C=O) groups is 2. The van der Waals surface area contributed by atoms with E-state index >= 15 is 0 Å². The summed E-state index contributed by atoms with van der Waals surface area (Å²) in [6, 6.07) is 7.43. The zero-order valence-corrected chi connectivity index (χ0v) is 15.8. The van der Waals surface area contributed by atoms with Crippen LogP contribution < -0.4 is 10.2 Å². The molecule has 7 heteroatoms. The van der Waals surface area contributed by atoms with E-state index in [1.165, 1.54) is 12.5 Å². The number of carbonyl (C=O) groups excluding carboxylic acids is 2. The van der Waals surface area contributed by atoms with E-state index in [1.807, 2.05) is 24.3 Å².